The third kappa shape index (κ3) is 41.1. The molecule has 0 saturated heterocycles. The van der Waals surface area contributed by atoms with E-state index >= 15 is 0 Å². The number of hydrogen-bond donors (Lipinski definition) is 1. The summed E-state index contributed by atoms with van der Waals surface area (Å²) >= 11 is 2.99. The lowest BCUT2D eigenvalue weighted by Crippen LogP contribution is -2.27. The lowest BCUT2D eigenvalue weighted by atomic mass is 10.1. The molecule has 0 aliphatic heterocycles. The highest BCUT2D eigenvalue weighted by atomic mass is 79.9. The molecule has 13 heteroatoms. The van der Waals surface area contributed by atoms with Crippen molar-refractivity contribution in [2.45, 2.75) is 156 Å². The first-order chi connectivity index (χ1) is 23.7. The Balaban J connectivity index is -0.000000760. The van der Waals surface area contributed by atoms with Crippen LogP contribution in [0.2, 0.25) is 0 Å². The molecule has 0 amide bonds. The molecular weight excluding hydrogens is 728 g/mol. The van der Waals surface area contributed by atoms with Crippen molar-refractivity contribution in [1.82, 2.24) is 0 Å². The number of aliphatic carboxylic acids is 1. The van der Waals surface area contributed by atoms with Crippen molar-refractivity contribution < 1.29 is 57.6 Å². The van der Waals surface area contributed by atoms with E-state index in [1.807, 2.05) is 20.8 Å². The molecule has 0 atom stereocenters. The number of ether oxygens (including phenoxy) is 5. The average molecular weight is 794 g/mol. The number of alkyl halides is 1. The van der Waals surface area contributed by atoms with E-state index in [0.29, 0.717) is 13.2 Å². The lowest BCUT2D eigenvalue weighted by Gasteiger charge is -2.19. The third-order valence-corrected chi connectivity index (χ3v) is 6.56. The topological polar surface area (TPSA) is 169 Å². The van der Waals surface area contributed by atoms with Gasteiger partial charge in [-0.05, 0) is 54.4 Å². The smallest absolute Gasteiger partial charge is 0.344 e. The zero-order chi connectivity index (χ0) is 39.9. The lowest BCUT2D eigenvalue weighted by molar-refractivity contribution is -0.165. The Morgan fingerprint density at radius 3 is 1.27 bits per heavy atom. The van der Waals surface area contributed by atoms with Gasteiger partial charge in [-0.15, -0.1) is 0 Å². The van der Waals surface area contributed by atoms with Crippen molar-refractivity contribution in [3.63, 3.8) is 0 Å². The normalized spacial score (nSPS) is 10.6. The largest absolute Gasteiger partial charge is 0.478 e. The van der Waals surface area contributed by atoms with Gasteiger partial charge in [-0.2, -0.15) is 0 Å². The Hall–Kier alpha value is -3.22. The quantitative estimate of drug-likeness (QED) is 0.0346. The molecule has 0 aromatic heterocycles. The van der Waals surface area contributed by atoms with E-state index in [2.05, 4.69) is 42.9 Å². The first kappa shape index (κ1) is 52.1. The molecule has 0 aliphatic carbocycles. The van der Waals surface area contributed by atoms with Gasteiger partial charge in [0.15, 0.2) is 6.61 Å². The maximum atomic E-state index is 11.7. The highest BCUT2D eigenvalue weighted by molar-refractivity contribution is 9.09. The van der Waals surface area contributed by atoms with Gasteiger partial charge >= 0.3 is 35.8 Å². The van der Waals surface area contributed by atoms with Crippen LogP contribution in [-0.2, 0) is 52.5 Å². The molecule has 0 spiro atoms. The van der Waals surface area contributed by atoms with E-state index < -0.39 is 42.1 Å². The number of carboxylic acids is 1. The SMILES string of the molecule is C=C(CC(=O)OCCCCCCCC)C(=O)O.C=C(CC(=O)OCCCCCCCC)C(=O)OCC(=O)OC(C)(C)C.CC(C)(C)OC(=O)CBr. The van der Waals surface area contributed by atoms with Crippen LogP contribution in [0, 0.1) is 0 Å². The Labute approximate surface area is 314 Å². The molecule has 12 nitrogen and oxygen atoms in total. The summed E-state index contributed by atoms with van der Waals surface area (Å²) in [5, 5.41) is 8.78. The molecule has 0 aromatic rings. The zero-order valence-electron chi connectivity index (χ0n) is 32.5. The molecular formula is C38H65BrO12. The molecule has 0 aliphatic rings. The summed E-state index contributed by atoms with van der Waals surface area (Å²) in [6.07, 6.45) is 12.8. The first-order valence-corrected chi connectivity index (χ1v) is 18.9. The van der Waals surface area contributed by atoms with Gasteiger partial charge in [0.25, 0.3) is 0 Å². The fraction of sp³-hybridized carbons (Fsp3) is 0.737. The number of carbonyl (C=O) groups is 6. The summed E-state index contributed by atoms with van der Waals surface area (Å²) in [5.74, 6) is -3.86. The summed E-state index contributed by atoms with van der Waals surface area (Å²) in [6.45, 7) is 22.0. The van der Waals surface area contributed by atoms with Crippen LogP contribution in [-0.4, -0.2) is 77.3 Å². The Kier molecular flexibility index (Phi) is 32.2. The number of esters is 5. The molecule has 0 fully saturated rings. The number of carbonyl (C=O) groups excluding carboxylic acids is 5. The van der Waals surface area contributed by atoms with Crippen molar-refractivity contribution in [3.05, 3.63) is 24.3 Å². The van der Waals surface area contributed by atoms with Gasteiger partial charge in [0.2, 0.25) is 0 Å². The second kappa shape index (κ2) is 31.5. The third-order valence-electron chi connectivity index (χ3n) is 6.10. The van der Waals surface area contributed by atoms with Gasteiger partial charge in [-0.1, -0.05) is 107 Å². The van der Waals surface area contributed by atoms with Gasteiger partial charge < -0.3 is 28.8 Å². The van der Waals surface area contributed by atoms with Crippen molar-refractivity contribution >= 4 is 51.7 Å². The monoisotopic (exact) mass is 792 g/mol. The molecule has 0 heterocycles. The minimum Gasteiger partial charge on any atom is -0.478 e. The summed E-state index contributed by atoms with van der Waals surface area (Å²) in [5.41, 5.74) is -1.18. The number of halogens is 1. The summed E-state index contributed by atoms with van der Waals surface area (Å²) < 4.78 is 24.7. The molecule has 1 N–H and O–H groups in total. The van der Waals surface area contributed by atoms with Crippen LogP contribution < -0.4 is 0 Å². The number of hydrogen-bond acceptors (Lipinski definition) is 11. The standard InChI is InChI=1S/C19H32O6.C13H22O4.C6H11BrO2/c1-6-7-8-9-10-11-12-23-16(20)13-15(2)18(22)24-14-17(21)25-19(3,4)5;1-3-4-5-6-7-8-9-17-12(14)10-11(2)13(15)16;1-6(2,3)9-5(8)4-7/h2,6-14H2,1,3-5H3;2-10H2,1H3,(H,15,16);4H2,1-3H3. The Morgan fingerprint density at radius 2 is 0.922 bits per heavy atom. The molecule has 0 rings (SSSR count). The van der Waals surface area contributed by atoms with E-state index in [1.165, 1.54) is 38.5 Å². The molecule has 0 bridgehead atoms. The van der Waals surface area contributed by atoms with E-state index in [1.54, 1.807) is 20.8 Å². The first-order valence-electron chi connectivity index (χ1n) is 17.8. The number of unbranched alkanes of at least 4 members (excludes halogenated alkanes) is 10. The molecule has 0 aromatic carbocycles. The number of rotatable bonds is 23. The fourth-order valence-electron chi connectivity index (χ4n) is 3.70. The highest BCUT2D eigenvalue weighted by Crippen LogP contribution is 2.10. The van der Waals surface area contributed by atoms with Crippen molar-refractivity contribution in [2.75, 3.05) is 25.2 Å². The van der Waals surface area contributed by atoms with Gasteiger partial charge in [0.05, 0.1) is 26.1 Å². The van der Waals surface area contributed by atoms with E-state index in [4.69, 9.17) is 28.8 Å². The minimum absolute atomic E-state index is 0.0449. The van der Waals surface area contributed by atoms with Gasteiger partial charge in [0.1, 0.15) is 16.5 Å². The van der Waals surface area contributed by atoms with E-state index in [0.717, 1.165) is 38.5 Å². The maximum absolute atomic E-state index is 11.7. The van der Waals surface area contributed by atoms with Gasteiger partial charge in [-0.25, -0.2) is 14.4 Å². The fourth-order valence-corrected chi connectivity index (χ4v) is 3.82. The highest BCUT2D eigenvalue weighted by Gasteiger charge is 2.20. The molecule has 0 radical (unpaired) electrons. The zero-order valence-corrected chi connectivity index (χ0v) is 34.0. The summed E-state index contributed by atoms with van der Waals surface area (Å²) in [7, 11) is 0. The van der Waals surface area contributed by atoms with Crippen molar-refractivity contribution in [1.29, 1.82) is 0 Å². The number of carboxylic acid groups (broad SMARTS) is 1. The van der Waals surface area contributed by atoms with Gasteiger partial charge in [0, 0.05) is 11.1 Å². The summed E-state index contributed by atoms with van der Waals surface area (Å²) in [4.78, 5) is 66.9. The molecule has 0 unspecified atom stereocenters. The molecule has 51 heavy (non-hydrogen) atoms. The van der Waals surface area contributed by atoms with Crippen LogP contribution in [0.15, 0.2) is 24.3 Å². The van der Waals surface area contributed by atoms with Crippen LogP contribution in [0.1, 0.15) is 145 Å². The second-order valence-electron chi connectivity index (χ2n) is 13.7. The van der Waals surface area contributed by atoms with Crippen LogP contribution >= 0.6 is 15.9 Å². The predicted molar refractivity (Wildman–Crippen MR) is 200 cm³/mol. The van der Waals surface area contributed by atoms with Gasteiger partial charge in [-0.3, -0.25) is 14.4 Å². The Morgan fingerprint density at radius 1 is 0.549 bits per heavy atom. The Bertz CT molecular complexity index is 1050. The van der Waals surface area contributed by atoms with Crippen LogP contribution in [0.25, 0.3) is 0 Å². The second-order valence-corrected chi connectivity index (χ2v) is 14.3. The van der Waals surface area contributed by atoms with Crippen LogP contribution in [0.4, 0.5) is 0 Å². The van der Waals surface area contributed by atoms with Crippen LogP contribution in [0.3, 0.4) is 0 Å². The predicted octanol–water partition coefficient (Wildman–Crippen LogP) is 8.37. The van der Waals surface area contributed by atoms with Crippen molar-refractivity contribution in [3.8, 4) is 0 Å². The molecule has 296 valence electrons. The minimum atomic E-state index is -1.15. The maximum Gasteiger partial charge on any atom is 0.344 e. The molecule has 0 saturated carbocycles. The summed E-state index contributed by atoms with van der Waals surface area (Å²) in [6, 6.07) is 0. The van der Waals surface area contributed by atoms with Crippen molar-refractivity contribution in [2.24, 2.45) is 0 Å². The average Bonchev–Trinajstić information content (AvgIpc) is 3.01. The van der Waals surface area contributed by atoms with E-state index in [9.17, 15) is 28.8 Å². The van der Waals surface area contributed by atoms with Crippen LogP contribution in [0.5, 0.6) is 0 Å². The van der Waals surface area contributed by atoms with E-state index in [-0.39, 0.29) is 40.9 Å².